The van der Waals surface area contributed by atoms with Gasteiger partial charge in [-0.1, -0.05) is 18.3 Å². The highest BCUT2D eigenvalue weighted by atomic mass is 32.2. The molecule has 0 aromatic carbocycles. The van der Waals surface area contributed by atoms with E-state index in [1.165, 1.54) is 25.0 Å². The van der Waals surface area contributed by atoms with Crippen molar-refractivity contribution >= 4 is 17.7 Å². The van der Waals surface area contributed by atoms with Crippen molar-refractivity contribution in [1.82, 2.24) is 10.3 Å². The molecule has 1 aliphatic heterocycles. The molecule has 0 spiro atoms. The Balaban J connectivity index is 1.97. The van der Waals surface area contributed by atoms with E-state index in [9.17, 15) is 4.79 Å². The van der Waals surface area contributed by atoms with Crippen LogP contribution in [0.4, 0.5) is 0 Å². The predicted molar refractivity (Wildman–Crippen MR) is 82.6 cm³/mol. The van der Waals surface area contributed by atoms with E-state index >= 15 is 0 Å². The van der Waals surface area contributed by atoms with Gasteiger partial charge in [0.15, 0.2) is 0 Å². The number of carbonyl (C=O) groups is 1. The Morgan fingerprint density at radius 2 is 2.45 bits per heavy atom. The van der Waals surface area contributed by atoms with Crippen LogP contribution < -0.4 is 11.1 Å². The van der Waals surface area contributed by atoms with Crippen LogP contribution in [0, 0.1) is 11.8 Å². The molecule has 2 rings (SSSR count). The first-order valence-corrected chi connectivity index (χ1v) is 7.90. The Morgan fingerprint density at radius 3 is 3.20 bits per heavy atom. The maximum absolute atomic E-state index is 12.2. The molecule has 0 bridgehead atoms. The summed E-state index contributed by atoms with van der Waals surface area (Å²) in [6.07, 6.45) is 5.32. The lowest BCUT2D eigenvalue weighted by molar-refractivity contribution is 0.0948. The van der Waals surface area contributed by atoms with E-state index in [2.05, 4.69) is 22.1 Å². The van der Waals surface area contributed by atoms with Gasteiger partial charge < -0.3 is 11.1 Å². The SMILES string of the molecule is NCC#Cc1cccnc1C(=O)NCC1CCCCS1. The summed E-state index contributed by atoms with van der Waals surface area (Å²) >= 11 is 1.94. The van der Waals surface area contributed by atoms with Gasteiger partial charge >= 0.3 is 0 Å². The normalized spacial score (nSPS) is 17.9. The lowest BCUT2D eigenvalue weighted by Gasteiger charge is -2.21. The Labute approximate surface area is 123 Å². The van der Waals surface area contributed by atoms with E-state index in [0.717, 1.165) is 0 Å². The van der Waals surface area contributed by atoms with Crippen LogP contribution in [0.5, 0.6) is 0 Å². The first kappa shape index (κ1) is 14.9. The van der Waals surface area contributed by atoms with Crippen LogP contribution in [0.3, 0.4) is 0 Å². The third-order valence-electron chi connectivity index (χ3n) is 3.11. The Bertz CT molecular complexity index is 515. The van der Waals surface area contributed by atoms with Crippen LogP contribution in [0.2, 0.25) is 0 Å². The summed E-state index contributed by atoms with van der Waals surface area (Å²) < 4.78 is 0. The number of aromatic nitrogens is 1. The molecule has 1 aliphatic rings. The summed E-state index contributed by atoms with van der Waals surface area (Å²) in [5, 5.41) is 3.49. The summed E-state index contributed by atoms with van der Waals surface area (Å²) in [6.45, 7) is 0.971. The molecule has 1 unspecified atom stereocenters. The van der Waals surface area contributed by atoms with Crippen LogP contribution in [0.15, 0.2) is 18.3 Å². The third-order valence-corrected chi connectivity index (χ3v) is 4.51. The van der Waals surface area contributed by atoms with Crippen LogP contribution >= 0.6 is 11.8 Å². The molecule has 1 saturated heterocycles. The minimum atomic E-state index is -0.155. The summed E-state index contributed by atoms with van der Waals surface area (Å²) in [6, 6.07) is 3.56. The molecule has 1 atom stereocenters. The molecule has 1 aromatic heterocycles. The number of pyridine rings is 1. The van der Waals surface area contributed by atoms with E-state index in [-0.39, 0.29) is 12.5 Å². The number of amides is 1. The van der Waals surface area contributed by atoms with Gasteiger partial charge in [-0.2, -0.15) is 11.8 Å². The maximum atomic E-state index is 12.2. The number of rotatable bonds is 3. The molecule has 0 saturated carbocycles. The van der Waals surface area contributed by atoms with Crippen molar-refractivity contribution in [3.8, 4) is 11.8 Å². The second kappa shape index (κ2) is 7.93. The summed E-state index contributed by atoms with van der Waals surface area (Å²) in [4.78, 5) is 16.3. The van der Waals surface area contributed by atoms with Gasteiger partial charge in [0.2, 0.25) is 0 Å². The molecule has 20 heavy (non-hydrogen) atoms. The quantitative estimate of drug-likeness (QED) is 0.826. The molecular formula is C15H19N3OS. The van der Waals surface area contributed by atoms with Crippen LogP contribution in [0.1, 0.15) is 35.3 Å². The standard InChI is InChI=1S/C15H19N3OS/c16-8-3-5-12-6-4-9-17-14(12)15(19)18-11-13-7-1-2-10-20-13/h4,6,9,13H,1-2,7-8,10-11,16H2,(H,18,19). The van der Waals surface area contributed by atoms with Gasteiger partial charge in [0.05, 0.1) is 12.1 Å². The highest BCUT2D eigenvalue weighted by Gasteiger charge is 2.17. The lowest BCUT2D eigenvalue weighted by atomic mass is 10.1. The maximum Gasteiger partial charge on any atom is 0.271 e. The van der Waals surface area contributed by atoms with Crippen molar-refractivity contribution < 1.29 is 4.79 Å². The monoisotopic (exact) mass is 289 g/mol. The number of thioether (sulfide) groups is 1. The van der Waals surface area contributed by atoms with E-state index < -0.39 is 0 Å². The van der Waals surface area contributed by atoms with Gasteiger partial charge in [0.25, 0.3) is 5.91 Å². The van der Waals surface area contributed by atoms with Crippen LogP contribution in [0.25, 0.3) is 0 Å². The molecule has 106 valence electrons. The van der Waals surface area contributed by atoms with E-state index in [1.54, 1.807) is 18.3 Å². The van der Waals surface area contributed by atoms with Crippen molar-refractivity contribution in [2.24, 2.45) is 5.73 Å². The molecular weight excluding hydrogens is 270 g/mol. The average Bonchev–Trinajstić information content (AvgIpc) is 2.52. The van der Waals surface area contributed by atoms with Crippen molar-refractivity contribution in [2.75, 3.05) is 18.8 Å². The Hall–Kier alpha value is -1.51. The summed E-state index contributed by atoms with van der Waals surface area (Å²) in [5.74, 6) is 6.68. The first-order valence-electron chi connectivity index (χ1n) is 6.85. The molecule has 5 heteroatoms. The van der Waals surface area contributed by atoms with Gasteiger partial charge in [0.1, 0.15) is 5.69 Å². The topological polar surface area (TPSA) is 68.0 Å². The zero-order valence-electron chi connectivity index (χ0n) is 11.4. The average molecular weight is 289 g/mol. The van der Waals surface area contributed by atoms with Gasteiger partial charge in [-0.15, -0.1) is 0 Å². The van der Waals surface area contributed by atoms with Gasteiger partial charge in [-0.05, 0) is 30.7 Å². The van der Waals surface area contributed by atoms with Crippen LogP contribution in [-0.4, -0.2) is 35.0 Å². The van der Waals surface area contributed by atoms with Gasteiger partial charge in [-0.3, -0.25) is 4.79 Å². The molecule has 2 heterocycles. The second-order valence-corrected chi connectivity index (χ2v) is 6.01. The van der Waals surface area contributed by atoms with Crippen molar-refractivity contribution in [2.45, 2.75) is 24.5 Å². The van der Waals surface area contributed by atoms with Gasteiger partial charge in [0, 0.05) is 18.0 Å². The number of nitrogens with one attached hydrogen (secondary N) is 1. The summed E-state index contributed by atoms with van der Waals surface area (Å²) in [5.41, 5.74) is 6.38. The predicted octanol–water partition coefficient (Wildman–Crippen LogP) is 1.41. The zero-order valence-corrected chi connectivity index (χ0v) is 12.2. The fraction of sp³-hybridized carbons (Fsp3) is 0.467. The Morgan fingerprint density at radius 1 is 1.55 bits per heavy atom. The third kappa shape index (κ3) is 4.26. The lowest BCUT2D eigenvalue weighted by Crippen LogP contribution is -2.32. The molecule has 1 amide bonds. The number of hydrogen-bond acceptors (Lipinski definition) is 4. The fourth-order valence-electron chi connectivity index (χ4n) is 2.09. The van der Waals surface area contributed by atoms with Crippen molar-refractivity contribution in [3.05, 3.63) is 29.6 Å². The van der Waals surface area contributed by atoms with Crippen molar-refractivity contribution in [3.63, 3.8) is 0 Å². The summed E-state index contributed by atoms with van der Waals surface area (Å²) in [7, 11) is 0. The zero-order chi connectivity index (χ0) is 14.2. The second-order valence-electron chi connectivity index (χ2n) is 4.60. The van der Waals surface area contributed by atoms with Crippen molar-refractivity contribution in [1.29, 1.82) is 0 Å². The van der Waals surface area contributed by atoms with E-state index in [4.69, 9.17) is 5.73 Å². The number of nitrogens with two attached hydrogens (primary N) is 1. The fourth-order valence-corrected chi connectivity index (χ4v) is 3.33. The van der Waals surface area contributed by atoms with Gasteiger partial charge in [-0.25, -0.2) is 4.98 Å². The first-order chi connectivity index (χ1) is 9.81. The highest BCUT2D eigenvalue weighted by Crippen LogP contribution is 2.24. The number of nitrogens with zero attached hydrogens (tertiary/aromatic N) is 1. The largest absolute Gasteiger partial charge is 0.350 e. The van der Waals surface area contributed by atoms with Crippen LogP contribution in [-0.2, 0) is 0 Å². The molecule has 1 fully saturated rings. The number of carbonyl (C=O) groups excluding carboxylic acids is 1. The molecule has 0 radical (unpaired) electrons. The Kier molecular flexibility index (Phi) is 5.90. The molecule has 0 aliphatic carbocycles. The highest BCUT2D eigenvalue weighted by molar-refractivity contribution is 7.99. The number of hydrogen-bond donors (Lipinski definition) is 2. The molecule has 1 aromatic rings. The van der Waals surface area contributed by atoms with E-state index in [0.29, 0.717) is 23.1 Å². The minimum absolute atomic E-state index is 0.155. The molecule has 3 N–H and O–H groups in total. The minimum Gasteiger partial charge on any atom is -0.350 e. The molecule has 4 nitrogen and oxygen atoms in total. The van der Waals surface area contributed by atoms with E-state index in [1.807, 2.05) is 11.8 Å². The smallest absolute Gasteiger partial charge is 0.271 e.